The van der Waals surface area contributed by atoms with E-state index < -0.39 is 5.41 Å². The molecule has 0 radical (unpaired) electrons. The van der Waals surface area contributed by atoms with Crippen molar-refractivity contribution in [3.8, 4) is 0 Å². The normalized spacial score (nSPS) is 22.0. The molecule has 96 valence electrons. The van der Waals surface area contributed by atoms with Crippen LogP contribution in [0.3, 0.4) is 0 Å². The maximum absolute atomic E-state index is 12.4. The molecule has 0 saturated heterocycles. The molecule has 1 aromatic rings. The number of methoxy groups -OCH3 is 1. The van der Waals surface area contributed by atoms with Gasteiger partial charge in [-0.05, 0) is 25.0 Å². The fourth-order valence-electron chi connectivity index (χ4n) is 2.67. The minimum absolute atomic E-state index is 0.0581. The molecule has 1 unspecified atom stereocenters. The maximum atomic E-state index is 12.4. The van der Waals surface area contributed by atoms with E-state index in [4.69, 9.17) is 4.74 Å². The Balaban J connectivity index is 2.55. The minimum Gasteiger partial charge on any atom is -0.469 e. The minimum atomic E-state index is -0.816. The highest BCUT2D eigenvalue weighted by Crippen LogP contribution is 2.44. The van der Waals surface area contributed by atoms with E-state index in [0.29, 0.717) is 0 Å². The lowest BCUT2D eigenvalue weighted by Crippen LogP contribution is -2.38. The third-order valence-corrected chi connectivity index (χ3v) is 3.67. The molecule has 18 heavy (non-hydrogen) atoms. The maximum Gasteiger partial charge on any atom is 0.306 e. The second-order valence-electron chi connectivity index (χ2n) is 4.92. The zero-order valence-electron chi connectivity index (χ0n) is 11.1. The van der Waals surface area contributed by atoms with Crippen molar-refractivity contribution >= 4 is 17.6 Å². The van der Waals surface area contributed by atoms with Crippen molar-refractivity contribution in [2.75, 3.05) is 19.1 Å². The molecule has 2 rings (SSSR count). The number of fused-ring (bicyclic) bond motifs is 1. The Morgan fingerprint density at radius 1 is 1.44 bits per heavy atom. The van der Waals surface area contributed by atoms with E-state index in [0.717, 1.165) is 16.8 Å². The summed E-state index contributed by atoms with van der Waals surface area (Å²) >= 11 is 0. The van der Waals surface area contributed by atoms with Gasteiger partial charge >= 0.3 is 5.97 Å². The number of carbonyl (C=O) groups excluding carboxylic acids is 2. The number of aryl methyl sites for hydroxylation is 1. The Bertz CT molecular complexity index is 524. The Morgan fingerprint density at radius 2 is 2.11 bits per heavy atom. The first-order valence-electron chi connectivity index (χ1n) is 5.87. The van der Waals surface area contributed by atoms with Crippen LogP contribution in [0.5, 0.6) is 0 Å². The van der Waals surface area contributed by atoms with Gasteiger partial charge in [-0.25, -0.2) is 0 Å². The molecule has 0 aromatic heterocycles. The molecule has 0 aliphatic carbocycles. The Kier molecular flexibility index (Phi) is 2.89. The van der Waals surface area contributed by atoms with Crippen LogP contribution in [0.15, 0.2) is 18.2 Å². The Hall–Kier alpha value is -1.84. The summed E-state index contributed by atoms with van der Waals surface area (Å²) in [5.74, 6) is -0.425. The molecule has 1 aliphatic heterocycles. The van der Waals surface area contributed by atoms with Gasteiger partial charge in [-0.1, -0.05) is 18.2 Å². The van der Waals surface area contributed by atoms with Crippen LogP contribution in [0.25, 0.3) is 0 Å². The second-order valence-corrected chi connectivity index (χ2v) is 4.92. The van der Waals surface area contributed by atoms with Gasteiger partial charge in [-0.15, -0.1) is 0 Å². The van der Waals surface area contributed by atoms with Gasteiger partial charge < -0.3 is 9.64 Å². The number of hydrogen-bond acceptors (Lipinski definition) is 3. The molecular weight excluding hydrogens is 230 g/mol. The zero-order valence-corrected chi connectivity index (χ0v) is 11.1. The molecule has 0 spiro atoms. The van der Waals surface area contributed by atoms with Gasteiger partial charge in [0.2, 0.25) is 5.91 Å². The Morgan fingerprint density at radius 3 is 2.72 bits per heavy atom. The molecule has 0 saturated carbocycles. The number of hydrogen-bond donors (Lipinski definition) is 0. The van der Waals surface area contributed by atoms with Gasteiger partial charge in [0.15, 0.2) is 0 Å². The standard InChI is InChI=1S/C14H17NO3/c1-9-6-5-7-10-12(9)15(3)13(17)14(10,2)8-11(16)18-4/h5-7H,8H2,1-4H3. The van der Waals surface area contributed by atoms with Gasteiger partial charge in [-0.2, -0.15) is 0 Å². The van der Waals surface area contributed by atoms with Crippen LogP contribution >= 0.6 is 0 Å². The lowest BCUT2D eigenvalue weighted by atomic mass is 9.80. The summed E-state index contributed by atoms with van der Waals surface area (Å²) in [5.41, 5.74) is 2.04. The van der Waals surface area contributed by atoms with Crippen LogP contribution in [0, 0.1) is 6.92 Å². The van der Waals surface area contributed by atoms with Gasteiger partial charge in [0.1, 0.15) is 0 Å². The molecular formula is C14H17NO3. The topological polar surface area (TPSA) is 46.6 Å². The fraction of sp³-hybridized carbons (Fsp3) is 0.429. The van der Waals surface area contributed by atoms with Gasteiger partial charge in [0.25, 0.3) is 0 Å². The van der Waals surface area contributed by atoms with E-state index in [1.807, 2.05) is 25.1 Å². The summed E-state index contributed by atoms with van der Waals surface area (Å²) in [5, 5.41) is 0. The summed E-state index contributed by atoms with van der Waals surface area (Å²) in [6.45, 7) is 3.76. The van der Waals surface area contributed by atoms with Crippen molar-refractivity contribution in [2.24, 2.45) is 0 Å². The summed E-state index contributed by atoms with van der Waals surface area (Å²) in [6.07, 6.45) is 0.0725. The monoisotopic (exact) mass is 247 g/mol. The molecule has 1 aliphatic rings. The predicted octanol–water partition coefficient (Wildman–Crippen LogP) is 1.79. The van der Waals surface area contributed by atoms with E-state index in [1.165, 1.54) is 7.11 Å². The van der Waals surface area contributed by atoms with Crippen molar-refractivity contribution in [1.29, 1.82) is 0 Å². The third kappa shape index (κ3) is 1.60. The summed E-state index contributed by atoms with van der Waals surface area (Å²) < 4.78 is 4.70. The van der Waals surface area contributed by atoms with Crippen LogP contribution in [0.2, 0.25) is 0 Å². The lowest BCUT2D eigenvalue weighted by molar-refractivity contribution is -0.144. The average Bonchev–Trinajstić information content (AvgIpc) is 2.53. The molecule has 1 aromatic carbocycles. The highest BCUT2D eigenvalue weighted by Gasteiger charge is 2.48. The number of esters is 1. The van der Waals surface area contributed by atoms with E-state index in [9.17, 15) is 9.59 Å². The Labute approximate surface area is 107 Å². The number of nitrogens with zero attached hydrogens (tertiary/aromatic N) is 1. The first-order chi connectivity index (χ1) is 8.41. The number of rotatable bonds is 2. The number of benzene rings is 1. The highest BCUT2D eigenvalue weighted by molar-refractivity contribution is 6.09. The average molecular weight is 247 g/mol. The van der Waals surface area contributed by atoms with Crippen molar-refractivity contribution < 1.29 is 14.3 Å². The number of para-hydroxylation sites is 1. The van der Waals surface area contributed by atoms with E-state index >= 15 is 0 Å². The summed E-state index contributed by atoms with van der Waals surface area (Å²) in [7, 11) is 3.09. The number of likely N-dealkylation sites (N-methyl/N-ethyl adjacent to an activating group) is 1. The van der Waals surface area contributed by atoms with Crippen molar-refractivity contribution in [2.45, 2.75) is 25.7 Å². The molecule has 4 heteroatoms. The number of ether oxygens (including phenoxy) is 1. The number of amides is 1. The molecule has 1 heterocycles. The van der Waals surface area contributed by atoms with Crippen LogP contribution < -0.4 is 4.90 Å². The van der Waals surface area contributed by atoms with Crippen molar-refractivity contribution in [3.63, 3.8) is 0 Å². The molecule has 1 atom stereocenters. The van der Waals surface area contributed by atoms with E-state index in [2.05, 4.69) is 0 Å². The zero-order chi connectivity index (χ0) is 13.5. The largest absolute Gasteiger partial charge is 0.469 e. The summed E-state index contributed by atoms with van der Waals surface area (Å²) in [6, 6.07) is 5.79. The van der Waals surface area contributed by atoms with Crippen LogP contribution in [-0.4, -0.2) is 26.0 Å². The molecule has 0 fully saturated rings. The lowest BCUT2D eigenvalue weighted by Gasteiger charge is -2.21. The molecule has 4 nitrogen and oxygen atoms in total. The van der Waals surface area contributed by atoms with Crippen molar-refractivity contribution in [3.05, 3.63) is 29.3 Å². The van der Waals surface area contributed by atoms with E-state index in [1.54, 1.807) is 18.9 Å². The number of anilines is 1. The highest BCUT2D eigenvalue weighted by atomic mass is 16.5. The first kappa shape index (κ1) is 12.6. The molecule has 1 amide bonds. The number of carbonyl (C=O) groups is 2. The first-order valence-corrected chi connectivity index (χ1v) is 5.87. The van der Waals surface area contributed by atoms with Gasteiger partial charge in [0.05, 0.1) is 24.6 Å². The van der Waals surface area contributed by atoms with Crippen LogP contribution in [-0.2, 0) is 19.7 Å². The van der Waals surface area contributed by atoms with Crippen LogP contribution in [0.1, 0.15) is 24.5 Å². The third-order valence-electron chi connectivity index (χ3n) is 3.67. The quantitative estimate of drug-likeness (QED) is 0.748. The second kappa shape index (κ2) is 4.12. The fourth-order valence-corrected chi connectivity index (χ4v) is 2.67. The van der Waals surface area contributed by atoms with Gasteiger partial charge in [-0.3, -0.25) is 9.59 Å². The molecule has 0 bridgehead atoms. The van der Waals surface area contributed by atoms with Gasteiger partial charge in [0, 0.05) is 7.05 Å². The van der Waals surface area contributed by atoms with E-state index in [-0.39, 0.29) is 18.3 Å². The summed E-state index contributed by atoms with van der Waals surface area (Å²) in [4.78, 5) is 25.6. The smallest absolute Gasteiger partial charge is 0.306 e. The molecule has 0 N–H and O–H groups in total. The van der Waals surface area contributed by atoms with Crippen molar-refractivity contribution in [1.82, 2.24) is 0 Å². The van der Waals surface area contributed by atoms with Crippen LogP contribution in [0.4, 0.5) is 5.69 Å². The predicted molar refractivity (Wildman–Crippen MR) is 68.6 cm³/mol. The SMILES string of the molecule is COC(=O)CC1(C)C(=O)N(C)c2c(C)cccc21.